The molecule has 0 aliphatic carbocycles. The van der Waals surface area contributed by atoms with Gasteiger partial charge in [-0.1, -0.05) is 36.4 Å². The minimum atomic E-state index is -0.540. The summed E-state index contributed by atoms with van der Waals surface area (Å²) in [5.41, 5.74) is 13.0. The van der Waals surface area contributed by atoms with Crippen molar-refractivity contribution in [1.82, 2.24) is 0 Å². The van der Waals surface area contributed by atoms with Crippen molar-refractivity contribution >= 4 is 11.6 Å². The molecule has 0 aliphatic heterocycles. The van der Waals surface area contributed by atoms with Crippen LogP contribution in [0.3, 0.4) is 0 Å². The molecular formula is C15H16N2O2. The van der Waals surface area contributed by atoms with Gasteiger partial charge in [0.25, 0.3) is 5.91 Å². The molecule has 2 aromatic rings. The maximum absolute atomic E-state index is 11.3. The van der Waals surface area contributed by atoms with Gasteiger partial charge in [-0.15, -0.1) is 0 Å². The van der Waals surface area contributed by atoms with Gasteiger partial charge in [0, 0.05) is 6.42 Å². The van der Waals surface area contributed by atoms with Crippen LogP contribution in [0.1, 0.15) is 15.9 Å². The first-order valence-corrected chi connectivity index (χ1v) is 6.03. The van der Waals surface area contributed by atoms with Crippen LogP contribution in [0.5, 0.6) is 5.75 Å². The quantitative estimate of drug-likeness (QED) is 0.803. The van der Waals surface area contributed by atoms with E-state index in [9.17, 15) is 4.79 Å². The Balaban J connectivity index is 2.05. The third kappa shape index (κ3) is 3.25. The summed E-state index contributed by atoms with van der Waals surface area (Å²) >= 11 is 0. The molecule has 0 saturated carbocycles. The van der Waals surface area contributed by atoms with Gasteiger partial charge < -0.3 is 16.2 Å². The van der Waals surface area contributed by atoms with Crippen LogP contribution in [0.25, 0.3) is 0 Å². The minimum Gasteiger partial charge on any atom is -0.490 e. The Morgan fingerprint density at radius 2 is 1.79 bits per heavy atom. The van der Waals surface area contributed by atoms with Crippen LogP contribution in [-0.2, 0) is 6.42 Å². The van der Waals surface area contributed by atoms with E-state index in [0.717, 1.165) is 12.0 Å². The number of benzene rings is 2. The fourth-order valence-electron chi connectivity index (χ4n) is 1.83. The zero-order chi connectivity index (χ0) is 13.7. The molecule has 19 heavy (non-hydrogen) atoms. The van der Waals surface area contributed by atoms with Crippen molar-refractivity contribution in [2.24, 2.45) is 5.73 Å². The van der Waals surface area contributed by atoms with Crippen molar-refractivity contribution in [2.75, 3.05) is 12.3 Å². The molecule has 0 radical (unpaired) electrons. The number of para-hydroxylation sites is 1. The number of hydrogen-bond acceptors (Lipinski definition) is 3. The van der Waals surface area contributed by atoms with E-state index < -0.39 is 5.91 Å². The summed E-state index contributed by atoms with van der Waals surface area (Å²) in [6.07, 6.45) is 0.743. The molecule has 1 amide bonds. The van der Waals surface area contributed by atoms with Gasteiger partial charge in [-0.05, 0) is 17.7 Å². The summed E-state index contributed by atoms with van der Waals surface area (Å²) in [4.78, 5) is 11.3. The number of nitrogens with two attached hydrogens (primary N) is 2. The van der Waals surface area contributed by atoms with Gasteiger partial charge in [0.05, 0.1) is 17.9 Å². The smallest absolute Gasteiger partial charge is 0.252 e. The van der Waals surface area contributed by atoms with Crippen molar-refractivity contribution in [3.63, 3.8) is 0 Å². The van der Waals surface area contributed by atoms with Crippen molar-refractivity contribution in [1.29, 1.82) is 0 Å². The number of amides is 1. The highest BCUT2D eigenvalue weighted by Crippen LogP contribution is 2.26. The van der Waals surface area contributed by atoms with E-state index in [-0.39, 0.29) is 0 Å². The lowest BCUT2D eigenvalue weighted by molar-refractivity contribution is 0.0996. The van der Waals surface area contributed by atoms with Gasteiger partial charge in [0.2, 0.25) is 0 Å². The number of hydrogen-bond donors (Lipinski definition) is 2. The van der Waals surface area contributed by atoms with Crippen LogP contribution < -0.4 is 16.2 Å². The largest absolute Gasteiger partial charge is 0.490 e. The van der Waals surface area contributed by atoms with E-state index in [0.29, 0.717) is 23.6 Å². The molecule has 0 aromatic heterocycles. The molecule has 0 saturated heterocycles. The number of ether oxygens (including phenoxy) is 1. The number of carbonyl (C=O) groups is 1. The second kappa shape index (κ2) is 5.91. The molecule has 4 nitrogen and oxygen atoms in total. The predicted molar refractivity (Wildman–Crippen MR) is 75.0 cm³/mol. The number of primary amides is 1. The second-order valence-electron chi connectivity index (χ2n) is 4.17. The van der Waals surface area contributed by atoms with Crippen LogP contribution in [-0.4, -0.2) is 12.5 Å². The van der Waals surface area contributed by atoms with Crippen LogP contribution in [0.2, 0.25) is 0 Å². The normalized spacial score (nSPS) is 10.1. The van der Waals surface area contributed by atoms with Gasteiger partial charge in [-0.25, -0.2) is 0 Å². The summed E-state index contributed by atoms with van der Waals surface area (Å²) < 4.78 is 5.61. The van der Waals surface area contributed by atoms with E-state index in [1.54, 1.807) is 18.2 Å². The standard InChI is InChI=1S/C15H16N2O2/c16-13-8-4-7-12(15(17)18)14(13)19-10-9-11-5-2-1-3-6-11/h1-8H,9-10,16H2,(H2,17,18). The zero-order valence-electron chi connectivity index (χ0n) is 10.5. The van der Waals surface area contributed by atoms with E-state index in [1.807, 2.05) is 30.3 Å². The number of rotatable bonds is 5. The maximum Gasteiger partial charge on any atom is 0.252 e. The highest BCUT2D eigenvalue weighted by atomic mass is 16.5. The van der Waals surface area contributed by atoms with Gasteiger partial charge in [-0.2, -0.15) is 0 Å². The van der Waals surface area contributed by atoms with Crippen molar-refractivity contribution < 1.29 is 9.53 Å². The molecule has 4 heteroatoms. The Morgan fingerprint density at radius 1 is 1.05 bits per heavy atom. The Labute approximate surface area is 112 Å². The van der Waals surface area contributed by atoms with E-state index in [2.05, 4.69) is 0 Å². The Morgan fingerprint density at radius 3 is 2.47 bits per heavy atom. The van der Waals surface area contributed by atoms with Gasteiger partial charge >= 0.3 is 0 Å². The number of nitrogen functional groups attached to an aromatic ring is 1. The number of anilines is 1. The zero-order valence-corrected chi connectivity index (χ0v) is 10.5. The average molecular weight is 256 g/mol. The molecule has 0 fully saturated rings. The van der Waals surface area contributed by atoms with Crippen LogP contribution in [0.15, 0.2) is 48.5 Å². The molecular weight excluding hydrogens is 240 g/mol. The Bertz CT molecular complexity index is 568. The molecule has 2 aromatic carbocycles. The average Bonchev–Trinajstić information content (AvgIpc) is 2.41. The fraction of sp³-hybridized carbons (Fsp3) is 0.133. The van der Waals surface area contributed by atoms with Crippen LogP contribution >= 0.6 is 0 Å². The Kier molecular flexibility index (Phi) is 4.03. The first-order chi connectivity index (χ1) is 9.18. The summed E-state index contributed by atoms with van der Waals surface area (Å²) in [6.45, 7) is 0.443. The first kappa shape index (κ1) is 13.0. The topological polar surface area (TPSA) is 78.3 Å². The van der Waals surface area contributed by atoms with E-state index >= 15 is 0 Å². The lowest BCUT2D eigenvalue weighted by Gasteiger charge is -2.12. The summed E-state index contributed by atoms with van der Waals surface area (Å²) in [7, 11) is 0. The van der Waals surface area contributed by atoms with Crippen molar-refractivity contribution in [3.8, 4) is 5.75 Å². The molecule has 0 unspecified atom stereocenters. The fourth-order valence-corrected chi connectivity index (χ4v) is 1.83. The lowest BCUT2D eigenvalue weighted by atomic mass is 10.1. The molecule has 98 valence electrons. The molecule has 0 aliphatic rings. The summed E-state index contributed by atoms with van der Waals surface area (Å²) in [5, 5.41) is 0. The van der Waals surface area contributed by atoms with Gasteiger partial charge in [-0.3, -0.25) is 4.79 Å². The highest BCUT2D eigenvalue weighted by molar-refractivity contribution is 5.97. The number of carbonyl (C=O) groups excluding carboxylic acids is 1. The van der Waals surface area contributed by atoms with E-state index in [1.165, 1.54) is 0 Å². The van der Waals surface area contributed by atoms with Crippen molar-refractivity contribution in [3.05, 3.63) is 59.7 Å². The molecule has 4 N–H and O–H groups in total. The monoisotopic (exact) mass is 256 g/mol. The lowest BCUT2D eigenvalue weighted by Crippen LogP contribution is -2.15. The summed E-state index contributed by atoms with van der Waals surface area (Å²) in [5.74, 6) is -0.173. The third-order valence-corrected chi connectivity index (χ3v) is 2.79. The molecule has 0 spiro atoms. The SMILES string of the molecule is NC(=O)c1cccc(N)c1OCCc1ccccc1. The highest BCUT2D eigenvalue weighted by Gasteiger charge is 2.12. The van der Waals surface area contributed by atoms with Crippen LogP contribution in [0.4, 0.5) is 5.69 Å². The van der Waals surface area contributed by atoms with E-state index in [4.69, 9.17) is 16.2 Å². The van der Waals surface area contributed by atoms with Gasteiger partial charge in [0.1, 0.15) is 0 Å². The molecule has 0 heterocycles. The molecule has 2 rings (SSSR count). The van der Waals surface area contributed by atoms with Crippen LogP contribution in [0, 0.1) is 0 Å². The molecule has 0 bridgehead atoms. The second-order valence-corrected chi connectivity index (χ2v) is 4.17. The van der Waals surface area contributed by atoms with Crippen molar-refractivity contribution in [2.45, 2.75) is 6.42 Å². The molecule has 0 atom stereocenters. The predicted octanol–water partition coefficient (Wildman–Crippen LogP) is 1.99. The first-order valence-electron chi connectivity index (χ1n) is 6.03. The Hall–Kier alpha value is -2.49. The van der Waals surface area contributed by atoms with Gasteiger partial charge in [0.15, 0.2) is 5.75 Å². The summed E-state index contributed by atoms with van der Waals surface area (Å²) in [6, 6.07) is 14.9. The third-order valence-electron chi connectivity index (χ3n) is 2.79. The minimum absolute atomic E-state index is 0.313. The maximum atomic E-state index is 11.3.